The monoisotopic (exact) mass is 773 g/mol. The van der Waals surface area contributed by atoms with Crippen LogP contribution in [0, 0.1) is 47.5 Å². The number of hydrogen-bond acceptors (Lipinski definition) is 3. The first kappa shape index (κ1) is 26.8. The molecule has 9 atom stereocenters. The number of nitrogens with zero attached hydrogens (tertiary/aromatic N) is 3. The minimum absolute atomic E-state index is 0. The van der Waals surface area contributed by atoms with Crippen LogP contribution < -0.4 is 0 Å². The van der Waals surface area contributed by atoms with Gasteiger partial charge in [-0.1, -0.05) is 72.3 Å². The molecule has 5 unspecified atom stereocenters. The van der Waals surface area contributed by atoms with Crippen LogP contribution in [0.3, 0.4) is 0 Å². The maximum atomic E-state index is 9.16. The molecule has 0 N–H and O–H groups in total. The van der Waals surface area contributed by atoms with Crippen LogP contribution in [0.4, 0.5) is 0 Å². The Labute approximate surface area is 281 Å². The molecule has 237 valence electrons. The van der Waals surface area contributed by atoms with Gasteiger partial charge < -0.3 is 27.5 Å². The molecule has 4 nitrogen and oxygen atoms in total. The number of aliphatic imine (C=N–C) groups is 1. The summed E-state index contributed by atoms with van der Waals surface area (Å²) in [6, 6.07) is -0.00102. The van der Waals surface area contributed by atoms with E-state index in [9.17, 15) is 0 Å². The molecule has 0 aromatic rings. The molecule has 0 aromatic carbocycles. The molecule has 3 fully saturated rings. The molecule has 5 aliphatic heterocycles. The van der Waals surface area contributed by atoms with E-state index in [0.29, 0.717) is 24.6 Å². The Morgan fingerprint density at radius 1 is 1.19 bits per heavy atom. The van der Waals surface area contributed by atoms with Gasteiger partial charge in [0, 0.05) is 49.9 Å². The van der Waals surface area contributed by atoms with Crippen LogP contribution in [0.25, 0.3) is 10.6 Å². The number of fused-ring (bicyclic) bond motifs is 4. The first-order valence-corrected chi connectivity index (χ1v) is 17.2. The Hall–Kier alpha value is -0.391. The van der Waals surface area contributed by atoms with Crippen LogP contribution in [0.1, 0.15) is 112 Å². The maximum Gasteiger partial charge on any atom is 0.151 e. The molecule has 7 rings (SSSR count). The summed E-state index contributed by atoms with van der Waals surface area (Å²) in [6.07, 6.45) is 19.5. The second kappa shape index (κ2) is 14.4. The second-order valence-corrected chi connectivity index (χ2v) is 15.5. The summed E-state index contributed by atoms with van der Waals surface area (Å²) in [4.78, 5) is 5.90. The zero-order valence-corrected chi connectivity index (χ0v) is 29.1. The quantitative estimate of drug-likeness (QED) is 0.269. The van der Waals surface area contributed by atoms with Crippen molar-refractivity contribution in [3.8, 4) is 0 Å². The maximum absolute atomic E-state index is 9.16. The van der Waals surface area contributed by atoms with Gasteiger partial charge in [-0.05, 0) is 54.1 Å². The van der Waals surface area contributed by atoms with Gasteiger partial charge in [0.1, 0.15) is 0 Å². The molecule has 6 heteroatoms. The fourth-order valence-electron chi connectivity index (χ4n) is 8.16. The Kier molecular flexibility index (Phi) is 9.16. The molecule has 5 heterocycles. The van der Waals surface area contributed by atoms with Crippen molar-refractivity contribution in [3.05, 3.63) is 51.5 Å². The van der Waals surface area contributed by atoms with Crippen molar-refractivity contribution in [2.45, 2.75) is 129 Å². The van der Waals surface area contributed by atoms with E-state index in [-0.39, 0.29) is 67.4 Å². The number of ether oxygens (including phenoxy) is 1. The molecule has 7 aliphatic rings. The third kappa shape index (κ3) is 7.35. The standard InChI is InChI=1S/C25H38N2OS.C11H15N.Ir/c1-14-9-10-17-16-7-6-8-18(23(16)28-24(17)27-14)22-21-19(13-25(3,4)5)15(2)29-20(21)11-12-26-22;1-2-6-10(7-3-1)11-8-4-5-9-12-11;/h8,11,15-19,21-24H,6-7,9-10,12-13H2,1-5H3;8H,1-6,9H2;/q2*-2;/t15-,16+,17?,18?,19?,21?,22+,23-,24?;;/m1../s1/i1D3,13D2;;. The van der Waals surface area contributed by atoms with Gasteiger partial charge in [-0.15, -0.1) is 31.3 Å². The molecular formula is C36H53IrN3OS-4. The molecule has 0 amide bonds. The van der Waals surface area contributed by atoms with E-state index in [1.54, 1.807) is 0 Å². The zero-order chi connectivity index (χ0) is 32.9. The van der Waals surface area contributed by atoms with Gasteiger partial charge in [0.05, 0.1) is 0 Å². The van der Waals surface area contributed by atoms with Gasteiger partial charge in [-0.2, -0.15) is 24.5 Å². The van der Waals surface area contributed by atoms with E-state index in [1.165, 1.54) is 48.3 Å². The van der Waals surface area contributed by atoms with E-state index in [1.807, 2.05) is 32.5 Å². The first-order valence-electron chi connectivity index (χ1n) is 18.8. The van der Waals surface area contributed by atoms with Gasteiger partial charge in [-0.3, -0.25) is 11.1 Å². The van der Waals surface area contributed by atoms with Crippen LogP contribution >= 0.6 is 11.8 Å². The third-order valence-corrected chi connectivity index (χ3v) is 11.3. The number of hydrogen-bond donors (Lipinski definition) is 0. The van der Waals surface area contributed by atoms with Crippen molar-refractivity contribution in [1.82, 2.24) is 0 Å². The average molecular weight is 773 g/mol. The molecule has 1 saturated carbocycles. The van der Waals surface area contributed by atoms with E-state index in [4.69, 9.17) is 16.9 Å². The second-order valence-electron chi connectivity index (χ2n) is 14.0. The Bertz CT molecular complexity index is 1220. The van der Waals surface area contributed by atoms with Crippen molar-refractivity contribution in [3.63, 3.8) is 0 Å². The predicted molar refractivity (Wildman–Crippen MR) is 174 cm³/mol. The van der Waals surface area contributed by atoms with Gasteiger partial charge >= 0.3 is 0 Å². The van der Waals surface area contributed by atoms with Gasteiger partial charge in [0.25, 0.3) is 0 Å². The fourth-order valence-corrected chi connectivity index (χ4v) is 9.59. The fraction of sp³-hybridized carbons (Fsp3) is 0.778. The van der Waals surface area contributed by atoms with Crippen molar-refractivity contribution in [1.29, 1.82) is 0 Å². The van der Waals surface area contributed by atoms with Crippen molar-refractivity contribution < 1.29 is 31.7 Å². The molecule has 42 heavy (non-hydrogen) atoms. The number of rotatable bonds is 3. The zero-order valence-electron chi connectivity index (χ0n) is 30.9. The molecule has 2 aliphatic carbocycles. The summed E-state index contributed by atoms with van der Waals surface area (Å²) in [5, 5.41) is 9.82. The van der Waals surface area contributed by atoms with E-state index < -0.39 is 18.6 Å². The van der Waals surface area contributed by atoms with Gasteiger partial charge in [0.15, 0.2) is 6.23 Å². The van der Waals surface area contributed by atoms with E-state index in [0.717, 1.165) is 32.2 Å². The largest absolute Gasteiger partial charge is 0.770 e. The van der Waals surface area contributed by atoms with E-state index in [2.05, 4.69) is 41.9 Å². The molecule has 0 spiro atoms. The van der Waals surface area contributed by atoms with E-state index >= 15 is 0 Å². The molecule has 0 bridgehead atoms. The van der Waals surface area contributed by atoms with Crippen LogP contribution in [0.2, 0.25) is 0 Å². The number of allylic oxidation sites excluding steroid dienone is 3. The Balaban J connectivity index is 0.000000280. The van der Waals surface area contributed by atoms with Crippen LogP contribution in [-0.4, -0.2) is 42.4 Å². The summed E-state index contributed by atoms with van der Waals surface area (Å²) >= 11 is 1.84. The first-order chi connectivity index (χ1) is 21.8. The smallest absolute Gasteiger partial charge is 0.151 e. The summed E-state index contributed by atoms with van der Waals surface area (Å²) in [6.45, 7) is 7.76. The van der Waals surface area contributed by atoms with Crippen LogP contribution in [-0.2, 0) is 24.8 Å². The molecular weight excluding hydrogens is 715 g/mol. The molecule has 1 radical (unpaired) electrons. The summed E-state index contributed by atoms with van der Waals surface area (Å²) < 4.78 is 48.3. The average Bonchev–Trinajstić information content (AvgIpc) is 3.58. The SMILES string of the molecule is [2H]C([2H])([2H])C1=NC2O[C@H]3C([C@@H]4[N-]CC=C5S[C@H](C)C(C([2H])([2H])C(C)(C)C)C54)[CH-]CC[C@H]3C2CC1.[C-]1=C(C2=CCCC[N-]2)CCCC1.[Ir]. The Morgan fingerprint density at radius 3 is 2.81 bits per heavy atom. The van der Waals surface area contributed by atoms with Crippen LogP contribution in [0.15, 0.2) is 33.3 Å². The molecule has 0 aromatic heterocycles. The topological polar surface area (TPSA) is 49.8 Å². The van der Waals surface area contributed by atoms with Crippen molar-refractivity contribution >= 4 is 17.5 Å². The third-order valence-electron chi connectivity index (χ3n) is 9.95. The molecule has 2 saturated heterocycles. The summed E-state index contributed by atoms with van der Waals surface area (Å²) in [5.74, 6) is 0.718. The minimum Gasteiger partial charge on any atom is -0.770 e. The van der Waals surface area contributed by atoms with Gasteiger partial charge in [0.2, 0.25) is 0 Å². The summed E-state index contributed by atoms with van der Waals surface area (Å²) in [7, 11) is 0. The predicted octanol–water partition coefficient (Wildman–Crippen LogP) is 9.60. The summed E-state index contributed by atoms with van der Waals surface area (Å²) in [5.41, 5.74) is 2.48. The van der Waals surface area contributed by atoms with Gasteiger partial charge in [-0.25, -0.2) is 5.57 Å². The minimum atomic E-state index is -2.14. The Morgan fingerprint density at radius 2 is 2.07 bits per heavy atom. The van der Waals surface area contributed by atoms with Crippen molar-refractivity contribution in [2.75, 3.05) is 13.1 Å². The normalized spacial score (nSPS) is 41.8. The van der Waals surface area contributed by atoms with Crippen molar-refractivity contribution in [2.24, 2.45) is 40.0 Å². The van der Waals surface area contributed by atoms with Crippen LogP contribution in [0.5, 0.6) is 0 Å². The number of thioether (sulfide) groups is 1.